The first kappa shape index (κ1) is 19.8. The van der Waals surface area contributed by atoms with Crippen molar-refractivity contribution in [1.29, 1.82) is 0 Å². The van der Waals surface area contributed by atoms with Crippen molar-refractivity contribution in [3.8, 4) is 0 Å². The maximum atomic E-state index is 4.92. The molecule has 1 aromatic rings. The number of anilines is 1. The Labute approximate surface area is 171 Å². The molecule has 1 unspecified atom stereocenters. The fourth-order valence-electron chi connectivity index (χ4n) is 3.46. The third-order valence-corrected chi connectivity index (χ3v) is 5.19. The summed E-state index contributed by atoms with van der Waals surface area (Å²) < 4.78 is 1.15. The van der Waals surface area contributed by atoms with Crippen LogP contribution in [0.4, 0.5) is 5.69 Å². The molecule has 0 spiro atoms. The van der Waals surface area contributed by atoms with Crippen molar-refractivity contribution in [2.24, 2.45) is 10.9 Å². The van der Waals surface area contributed by atoms with Gasteiger partial charge in [0.15, 0.2) is 5.96 Å². The number of benzene rings is 1. The van der Waals surface area contributed by atoms with Crippen molar-refractivity contribution >= 4 is 51.6 Å². The number of guanidine groups is 1. The van der Waals surface area contributed by atoms with Crippen molar-refractivity contribution in [1.82, 2.24) is 10.2 Å². The van der Waals surface area contributed by atoms with E-state index in [-0.39, 0.29) is 24.0 Å². The number of aliphatic imine (C=N–C) groups is 1. The summed E-state index contributed by atoms with van der Waals surface area (Å²) in [6.45, 7) is 8.58. The predicted molar refractivity (Wildman–Crippen MR) is 117 cm³/mol. The molecule has 1 N–H and O–H groups in total. The van der Waals surface area contributed by atoms with Crippen LogP contribution in [0.2, 0.25) is 0 Å². The molecule has 0 amide bonds. The summed E-state index contributed by atoms with van der Waals surface area (Å²) in [6, 6.07) is 8.60. The Kier molecular flexibility index (Phi) is 8.13. The quantitative estimate of drug-likeness (QED) is 0.381. The van der Waals surface area contributed by atoms with Gasteiger partial charge >= 0.3 is 0 Å². The molecule has 2 aliphatic heterocycles. The highest BCUT2D eigenvalue weighted by Crippen LogP contribution is 2.26. The molecule has 3 rings (SSSR count). The number of likely N-dealkylation sites (tertiary alicyclic amines) is 1. The van der Waals surface area contributed by atoms with Crippen molar-refractivity contribution in [2.45, 2.75) is 26.2 Å². The fourth-order valence-corrected chi connectivity index (χ4v) is 3.85. The first-order valence-corrected chi connectivity index (χ1v) is 9.59. The van der Waals surface area contributed by atoms with Crippen LogP contribution >= 0.6 is 39.9 Å². The second-order valence-corrected chi connectivity index (χ2v) is 7.39. The van der Waals surface area contributed by atoms with Crippen LogP contribution in [0.15, 0.2) is 33.7 Å². The van der Waals surface area contributed by atoms with E-state index >= 15 is 0 Å². The van der Waals surface area contributed by atoms with Gasteiger partial charge in [-0.05, 0) is 50.3 Å². The number of halogens is 2. The minimum Gasteiger partial charge on any atom is -0.371 e. The molecule has 0 aromatic heterocycles. The molecule has 134 valence electrons. The number of nitrogens with zero attached hydrogens (tertiary/aromatic N) is 3. The van der Waals surface area contributed by atoms with E-state index in [1.54, 1.807) is 0 Å². The molecule has 6 heteroatoms. The molecular formula is C18H28BrIN4. The second kappa shape index (κ2) is 9.85. The molecule has 2 saturated heterocycles. The monoisotopic (exact) mass is 506 g/mol. The van der Waals surface area contributed by atoms with E-state index in [0.29, 0.717) is 5.92 Å². The Morgan fingerprint density at radius 2 is 2.08 bits per heavy atom. The van der Waals surface area contributed by atoms with Crippen LogP contribution in [0.5, 0.6) is 0 Å². The van der Waals surface area contributed by atoms with Gasteiger partial charge in [0, 0.05) is 49.4 Å². The maximum Gasteiger partial charge on any atom is 0.193 e. The highest BCUT2D eigenvalue weighted by atomic mass is 127. The van der Waals surface area contributed by atoms with E-state index in [1.807, 2.05) is 0 Å². The summed E-state index contributed by atoms with van der Waals surface area (Å²) in [6.07, 6.45) is 3.82. The summed E-state index contributed by atoms with van der Waals surface area (Å²) in [5, 5.41) is 3.45. The van der Waals surface area contributed by atoms with E-state index in [1.165, 1.54) is 24.9 Å². The highest BCUT2D eigenvalue weighted by Gasteiger charge is 2.23. The predicted octanol–water partition coefficient (Wildman–Crippen LogP) is 3.95. The lowest BCUT2D eigenvalue weighted by Crippen LogP contribution is -2.40. The third kappa shape index (κ3) is 5.25. The van der Waals surface area contributed by atoms with Crippen LogP contribution in [0.25, 0.3) is 0 Å². The summed E-state index contributed by atoms with van der Waals surface area (Å²) >= 11 is 3.57. The van der Waals surface area contributed by atoms with Crippen molar-refractivity contribution in [3.05, 3.63) is 28.7 Å². The lowest BCUT2D eigenvalue weighted by Gasteiger charge is -2.22. The molecule has 1 aromatic carbocycles. The highest BCUT2D eigenvalue weighted by molar-refractivity contribution is 14.0. The number of rotatable bonds is 4. The minimum absolute atomic E-state index is 0. The molecule has 0 bridgehead atoms. The van der Waals surface area contributed by atoms with Gasteiger partial charge in [0.2, 0.25) is 0 Å². The number of nitrogens with one attached hydrogen (secondary N) is 1. The standard InChI is InChI=1S/C18H27BrN4.HI/c1-2-20-18(22-9-3-4-10-22)21-13-15-8-11-23(14-15)17-7-5-6-16(19)12-17;/h5-7,12,15H,2-4,8-11,13-14H2,1H3,(H,20,21);1H. The molecule has 0 aliphatic carbocycles. The first-order chi connectivity index (χ1) is 11.3. The van der Waals surface area contributed by atoms with Crippen LogP contribution in [-0.2, 0) is 0 Å². The molecule has 2 aliphatic rings. The minimum atomic E-state index is 0. The van der Waals surface area contributed by atoms with Gasteiger partial charge in [-0.2, -0.15) is 0 Å². The van der Waals surface area contributed by atoms with E-state index < -0.39 is 0 Å². The maximum absolute atomic E-state index is 4.92. The van der Waals surface area contributed by atoms with Crippen LogP contribution in [0.3, 0.4) is 0 Å². The van der Waals surface area contributed by atoms with Gasteiger partial charge in [-0.15, -0.1) is 24.0 Å². The molecule has 1 atom stereocenters. The van der Waals surface area contributed by atoms with E-state index in [9.17, 15) is 0 Å². The van der Waals surface area contributed by atoms with Gasteiger partial charge in [-0.1, -0.05) is 22.0 Å². The smallest absolute Gasteiger partial charge is 0.193 e. The summed E-state index contributed by atoms with van der Waals surface area (Å²) in [7, 11) is 0. The fraction of sp³-hybridized carbons (Fsp3) is 0.611. The number of hydrogen-bond donors (Lipinski definition) is 1. The van der Waals surface area contributed by atoms with Gasteiger partial charge in [0.05, 0.1) is 0 Å². The lowest BCUT2D eigenvalue weighted by molar-refractivity contribution is 0.488. The Morgan fingerprint density at radius 1 is 1.29 bits per heavy atom. The van der Waals surface area contributed by atoms with E-state index in [2.05, 4.69) is 62.2 Å². The van der Waals surface area contributed by atoms with Gasteiger partial charge in [0.25, 0.3) is 0 Å². The molecule has 0 saturated carbocycles. The Bertz CT molecular complexity index is 546. The normalized spacial score (nSPS) is 21.1. The van der Waals surface area contributed by atoms with Crippen LogP contribution in [-0.4, -0.2) is 50.1 Å². The van der Waals surface area contributed by atoms with Crippen LogP contribution < -0.4 is 10.2 Å². The average Bonchev–Trinajstić information content (AvgIpc) is 3.23. The summed E-state index contributed by atoms with van der Waals surface area (Å²) in [5.41, 5.74) is 1.32. The SMILES string of the molecule is CCNC(=NCC1CCN(c2cccc(Br)c2)C1)N1CCCC1.I. The molecule has 24 heavy (non-hydrogen) atoms. The second-order valence-electron chi connectivity index (χ2n) is 6.47. The summed E-state index contributed by atoms with van der Waals surface area (Å²) in [5.74, 6) is 1.77. The van der Waals surface area contributed by atoms with Gasteiger partial charge in [-0.25, -0.2) is 0 Å². The zero-order chi connectivity index (χ0) is 16.1. The molecule has 2 heterocycles. The largest absolute Gasteiger partial charge is 0.371 e. The van der Waals surface area contributed by atoms with Crippen molar-refractivity contribution in [2.75, 3.05) is 44.2 Å². The zero-order valence-electron chi connectivity index (χ0n) is 14.4. The van der Waals surface area contributed by atoms with Crippen LogP contribution in [0, 0.1) is 5.92 Å². The Hall–Kier alpha value is -0.500. The van der Waals surface area contributed by atoms with Gasteiger partial charge in [-0.3, -0.25) is 4.99 Å². The third-order valence-electron chi connectivity index (χ3n) is 4.70. The van der Waals surface area contributed by atoms with Crippen molar-refractivity contribution in [3.63, 3.8) is 0 Å². The van der Waals surface area contributed by atoms with Gasteiger partial charge in [0.1, 0.15) is 0 Å². The average molecular weight is 507 g/mol. The van der Waals surface area contributed by atoms with E-state index in [4.69, 9.17) is 4.99 Å². The van der Waals surface area contributed by atoms with Gasteiger partial charge < -0.3 is 15.1 Å². The Morgan fingerprint density at radius 3 is 2.79 bits per heavy atom. The molecule has 2 fully saturated rings. The lowest BCUT2D eigenvalue weighted by atomic mass is 10.1. The van der Waals surface area contributed by atoms with E-state index in [0.717, 1.165) is 49.7 Å². The van der Waals surface area contributed by atoms with Crippen molar-refractivity contribution < 1.29 is 0 Å². The number of hydrogen-bond acceptors (Lipinski definition) is 2. The van der Waals surface area contributed by atoms with Crippen LogP contribution in [0.1, 0.15) is 26.2 Å². The topological polar surface area (TPSA) is 30.9 Å². The first-order valence-electron chi connectivity index (χ1n) is 8.80. The molecule has 0 radical (unpaired) electrons. The molecule has 4 nitrogen and oxygen atoms in total. The molecular weight excluding hydrogens is 479 g/mol. The Balaban J connectivity index is 0.00000208. The summed E-state index contributed by atoms with van der Waals surface area (Å²) in [4.78, 5) is 9.81. The zero-order valence-corrected chi connectivity index (χ0v) is 18.3.